The molecule has 6 nitrogen and oxygen atoms in total. The molecular formula is C14H19N3O3S. The minimum atomic E-state index is -0.102. The van der Waals surface area contributed by atoms with Crippen LogP contribution < -0.4 is 10.9 Å². The van der Waals surface area contributed by atoms with Crippen molar-refractivity contribution in [2.75, 3.05) is 18.9 Å². The zero-order chi connectivity index (χ0) is 14.8. The Labute approximate surface area is 127 Å². The summed E-state index contributed by atoms with van der Waals surface area (Å²) in [5.74, 6) is 0.690. The van der Waals surface area contributed by atoms with Gasteiger partial charge in [-0.05, 0) is 19.8 Å². The second kappa shape index (κ2) is 6.19. The molecule has 0 radical (unpaired) electrons. The lowest BCUT2D eigenvalue weighted by molar-refractivity contribution is -0.122. The molecule has 2 aliphatic heterocycles. The maximum Gasteiger partial charge on any atom is 0.254 e. The van der Waals surface area contributed by atoms with E-state index in [0.717, 1.165) is 36.1 Å². The summed E-state index contributed by atoms with van der Waals surface area (Å²) in [6.45, 7) is 3.16. The van der Waals surface area contributed by atoms with Gasteiger partial charge >= 0.3 is 0 Å². The molecule has 1 aromatic rings. The number of aryl methyl sites for hydroxylation is 1. The number of thioether (sulfide) groups is 1. The number of hydrogen-bond donors (Lipinski definition) is 1. The maximum absolute atomic E-state index is 12.0. The van der Waals surface area contributed by atoms with Gasteiger partial charge in [-0.2, -0.15) is 0 Å². The highest BCUT2D eigenvalue weighted by atomic mass is 32.2. The van der Waals surface area contributed by atoms with Crippen LogP contribution in [-0.2, 0) is 9.53 Å². The molecule has 1 N–H and O–H groups in total. The van der Waals surface area contributed by atoms with Gasteiger partial charge in [0, 0.05) is 37.1 Å². The number of hydrogen-bond acceptors (Lipinski definition) is 5. The molecule has 1 saturated heterocycles. The van der Waals surface area contributed by atoms with Crippen molar-refractivity contribution in [1.82, 2.24) is 14.9 Å². The quantitative estimate of drug-likeness (QED) is 0.836. The summed E-state index contributed by atoms with van der Waals surface area (Å²) in [6.07, 6.45) is 2.53. The minimum Gasteiger partial charge on any atom is -0.376 e. The number of nitrogens with zero attached hydrogens (tertiary/aromatic N) is 2. The van der Waals surface area contributed by atoms with E-state index < -0.39 is 0 Å². The monoisotopic (exact) mass is 309 g/mol. The summed E-state index contributed by atoms with van der Waals surface area (Å²) >= 11 is 1.54. The molecule has 1 fully saturated rings. The SMILES string of the molecule is Cc1cc(=O)n2c(n1)SC[C@H]2CC(=O)NC[C@@H]1CCCO1. The predicted molar refractivity (Wildman–Crippen MR) is 79.6 cm³/mol. The van der Waals surface area contributed by atoms with E-state index in [9.17, 15) is 9.59 Å². The zero-order valence-corrected chi connectivity index (χ0v) is 12.8. The Morgan fingerprint density at radius 3 is 3.24 bits per heavy atom. The highest BCUT2D eigenvalue weighted by Gasteiger charge is 2.27. The van der Waals surface area contributed by atoms with Crippen molar-refractivity contribution in [3.05, 3.63) is 22.1 Å². The van der Waals surface area contributed by atoms with Crippen LogP contribution in [0.3, 0.4) is 0 Å². The van der Waals surface area contributed by atoms with Gasteiger partial charge in [0.15, 0.2) is 5.16 Å². The molecule has 0 bridgehead atoms. The molecule has 2 aliphatic rings. The molecule has 3 heterocycles. The Kier molecular flexibility index (Phi) is 4.30. The van der Waals surface area contributed by atoms with E-state index in [-0.39, 0.29) is 23.6 Å². The molecule has 1 aromatic heterocycles. The standard InChI is InChI=1S/C14H19N3O3S/c1-9-5-13(19)17-10(8-21-14(17)16-9)6-12(18)15-7-11-3-2-4-20-11/h5,10-11H,2-4,6-8H2,1H3,(H,15,18)/t10-,11+/m1/s1. The second-order valence-corrected chi connectivity index (χ2v) is 6.48. The van der Waals surface area contributed by atoms with Crippen LogP contribution in [0, 0.1) is 6.92 Å². The van der Waals surface area contributed by atoms with Gasteiger partial charge in [0.1, 0.15) is 0 Å². The first-order valence-corrected chi connectivity index (χ1v) is 8.23. The first-order valence-electron chi connectivity index (χ1n) is 7.25. The van der Waals surface area contributed by atoms with E-state index >= 15 is 0 Å². The van der Waals surface area contributed by atoms with Crippen LogP contribution in [0.25, 0.3) is 0 Å². The molecule has 21 heavy (non-hydrogen) atoms. The summed E-state index contributed by atoms with van der Waals surface area (Å²) in [5.41, 5.74) is 0.654. The molecule has 2 atom stereocenters. The van der Waals surface area contributed by atoms with E-state index in [1.54, 1.807) is 4.57 Å². The molecule has 3 rings (SSSR count). The van der Waals surface area contributed by atoms with E-state index in [2.05, 4.69) is 10.3 Å². The number of carbonyl (C=O) groups is 1. The van der Waals surface area contributed by atoms with Gasteiger partial charge in [0.05, 0.1) is 12.1 Å². The van der Waals surface area contributed by atoms with Crippen molar-refractivity contribution in [1.29, 1.82) is 0 Å². The lowest BCUT2D eigenvalue weighted by Gasteiger charge is -2.15. The molecule has 0 spiro atoms. The van der Waals surface area contributed by atoms with Gasteiger partial charge < -0.3 is 10.1 Å². The Balaban J connectivity index is 1.60. The largest absolute Gasteiger partial charge is 0.376 e. The number of nitrogens with one attached hydrogen (secondary N) is 1. The summed E-state index contributed by atoms with van der Waals surface area (Å²) in [5, 5.41) is 3.62. The van der Waals surface area contributed by atoms with Gasteiger partial charge in [-0.1, -0.05) is 11.8 Å². The lowest BCUT2D eigenvalue weighted by atomic mass is 10.2. The van der Waals surface area contributed by atoms with Crippen LogP contribution in [-0.4, -0.2) is 40.5 Å². The Morgan fingerprint density at radius 2 is 2.48 bits per heavy atom. The summed E-state index contributed by atoms with van der Waals surface area (Å²) in [6, 6.07) is 1.42. The van der Waals surface area contributed by atoms with Crippen molar-refractivity contribution in [3.63, 3.8) is 0 Å². The normalized spacial score (nSPS) is 24.0. The molecule has 0 aromatic carbocycles. The average Bonchev–Trinajstić information content (AvgIpc) is 3.06. The van der Waals surface area contributed by atoms with Crippen molar-refractivity contribution in [2.45, 2.75) is 43.5 Å². The highest BCUT2D eigenvalue weighted by molar-refractivity contribution is 7.99. The smallest absolute Gasteiger partial charge is 0.254 e. The van der Waals surface area contributed by atoms with E-state index in [4.69, 9.17) is 4.74 Å². The molecule has 0 unspecified atom stereocenters. The molecule has 0 saturated carbocycles. The number of ether oxygens (including phenoxy) is 1. The number of rotatable bonds is 4. The third-order valence-corrected chi connectivity index (χ3v) is 4.89. The molecule has 1 amide bonds. The third-order valence-electron chi connectivity index (χ3n) is 3.79. The van der Waals surface area contributed by atoms with Crippen LogP contribution >= 0.6 is 11.8 Å². The topological polar surface area (TPSA) is 73.2 Å². The van der Waals surface area contributed by atoms with Gasteiger partial charge in [-0.15, -0.1) is 0 Å². The van der Waals surface area contributed by atoms with E-state index in [1.165, 1.54) is 17.8 Å². The fourth-order valence-electron chi connectivity index (χ4n) is 2.73. The zero-order valence-electron chi connectivity index (χ0n) is 12.0. The molecular weight excluding hydrogens is 290 g/mol. The fraction of sp³-hybridized carbons (Fsp3) is 0.643. The number of carbonyl (C=O) groups excluding carboxylic acids is 1. The van der Waals surface area contributed by atoms with Crippen molar-refractivity contribution < 1.29 is 9.53 Å². The summed E-state index contributed by atoms with van der Waals surface area (Å²) in [7, 11) is 0. The van der Waals surface area contributed by atoms with Gasteiger partial charge in [-0.25, -0.2) is 4.98 Å². The Hall–Kier alpha value is -1.34. The number of aromatic nitrogens is 2. The van der Waals surface area contributed by atoms with Gasteiger partial charge in [0.25, 0.3) is 5.56 Å². The Bertz CT molecular complexity index is 596. The summed E-state index contributed by atoms with van der Waals surface area (Å²) < 4.78 is 7.12. The summed E-state index contributed by atoms with van der Waals surface area (Å²) in [4.78, 5) is 28.4. The maximum atomic E-state index is 12.0. The second-order valence-electron chi connectivity index (χ2n) is 5.50. The average molecular weight is 309 g/mol. The van der Waals surface area contributed by atoms with Crippen LogP contribution in [0.15, 0.2) is 16.0 Å². The Morgan fingerprint density at radius 1 is 1.62 bits per heavy atom. The number of amides is 1. The minimum absolute atomic E-state index is 0.0311. The van der Waals surface area contributed by atoms with E-state index in [0.29, 0.717) is 13.0 Å². The molecule has 7 heteroatoms. The van der Waals surface area contributed by atoms with Crippen LogP contribution in [0.1, 0.15) is 31.0 Å². The molecule has 114 valence electrons. The van der Waals surface area contributed by atoms with Gasteiger partial charge in [-0.3, -0.25) is 14.2 Å². The highest BCUT2D eigenvalue weighted by Crippen LogP contribution is 2.31. The fourth-order valence-corrected chi connectivity index (χ4v) is 3.93. The van der Waals surface area contributed by atoms with E-state index in [1.807, 2.05) is 6.92 Å². The predicted octanol–water partition coefficient (Wildman–Crippen LogP) is 0.884. The van der Waals surface area contributed by atoms with Crippen molar-refractivity contribution in [3.8, 4) is 0 Å². The first-order chi connectivity index (χ1) is 10.1. The first kappa shape index (κ1) is 14.6. The van der Waals surface area contributed by atoms with Crippen LogP contribution in [0.2, 0.25) is 0 Å². The van der Waals surface area contributed by atoms with Crippen LogP contribution in [0.5, 0.6) is 0 Å². The van der Waals surface area contributed by atoms with Crippen molar-refractivity contribution in [2.24, 2.45) is 0 Å². The third kappa shape index (κ3) is 3.29. The van der Waals surface area contributed by atoms with Crippen LogP contribution in [0.4, 0.5) is 0 Å². The molecule has 0 aliphatic carbocycles. The van der Waals surface area contributed by atoms with Gasteiger partial charge in [0.2, 0.25) is 5.91 Å². The van der Waals surface area contributed by atoms with Crippen molar-refractivity contribution >= 4 is 17.7 Å². The lowest BCUT2D eigenvalue weighted by Crippen LogP contribution is -2.34. The number of fused-ring (bicyclic) bond motifs is 1.